The number of amides is 1. The second-order valence-corrected chi connectivity index (χ2v) is 9.82. The minimum absolute atomic E-state index is 0.0257. The molecule has 3 aliphatic rings. The maximum atomic E-state index is 12.5. The second kappa shape index (κ2) is 9.63. The summed E-state index contributed by atoms with van der Waals surface area (Å²) in [4.78, 5) is 26.6. The number of likely N-dealkylation sites (tertiary alicyclic amines) is 1. The molecule has 3 fully saturated rings. The van der Waals surface area contributed by atoms with Crippen molar-refractivity contribution in [2.24, 2.45) is 11.8 Å². The molecule has 0 spiro atoms. The standard InChI is InChI=1S/C23H31N5O2S/c29-22(18-4-5-18)26-21(23-24-7-13-31-23)19-2-1-8-27(16-19)15-17-3-6-20(25-14-17)28-9-11-30-12-10-28/h3,6-7,13-14,18-19,21H,1-2,4-5,8-12,15-16H2,(H,26,29). The Morgan fingerprint density at radius 3 is 2.77 bits per heavy atom. The third-order valence-corrected chi connectivity index (χ3v) is 7.39. The Morgan fingerprint density at radius 2 is 2.06 bits per heavy atom. The molecule has 2 unspecified atom stereocenters. The van der Waals surface area contributed by atoms with E-state index in [0.717, 1.165) is 82.4 Å². The van der Waals surface area contributed by atoms with E-state index in [1.807, 2.05) is 17.8 Å². The number of nitrogens with one attached hydrogen (secondary N) is 1. The van der Waals surface area contributed by atoms with Crippen molar-refractivity contribution in [1.82, 2.24) is 20.2 Å². The molecule has 1 amide bonds. The van der Waals surface area contributed by atoms with Crippen LogP contribution in [-0.2, 0) is 16.1 Å². The molecular weight excluding hydrogens is 410 g/mol. The van der Waals surface area contributed by atoms with Crippen LogP contribution in [0.3, 0.4) is 0 Å². The van der Waals surface area contributed by atoms with Gasteiger partial charge in [-0.3, -0.25) is 9.69 Å². The Balaban J connectivity index is 1.22. The van der Waals surface area contributed by atoms with Gasteiger partial charge in [0.15, 0.2) is 0 Å². The lowest BCUT2D eigenvalue weighted by molar-refractivity contribution is -0.123. The molecule has 0 radical (unpaired) electrons. The number of pyridine rings is 1. The number of morpholine rings is 1. The fourth-order valence-electron chi connectivity index (χ4n) is 4.64. The Bertz CT molecular complexity index is 849. The first-order valence-corrected chi connectivity index (χ1v) is 12.3. The van der Waals surface area contributed by atoms with Crippen LogP contribution < -0.4 is 10.2 Å². The quantitative estimate of drug-likeness (QED) is 0.713. The Labute approximate surface area is 187 Å². The highest BCUT2D eigenvalue weighted by molar-refractivity contribution is 7.09. The summed E-state index contributed by atoms with van der Waals surface area (Å²) in [5, 5.41) is 6.38. The van der Waals surface area contributed by atoms with Crippen LogP contribution in [0, 0.1) is 11.8 Å². The largest absolute Gasteiger partial charge is 0.378 e. The number of anilines is 1. The lowest BCUT2D eigenvalue weighted by atomic mass is 9.90. The number of piperidine rings is 1. The van der Waals surface area contributed by atoms with Gasteiger partial charge in [0, 0.05) is 49.9 Å². The number of nitrogens with zero attached hydrogens (tertiary/aromatic N) is 4. The maximum Gasteiger partial charge on any atom is 0.223 e. The maximum absolute atomic E-state index is 12.5. The Morgan fingerprint density at radius 1 is 1.19 bits per heavy atom. The zero-order valence-electron chi connectivity index (χ0n) is 17.9. The molecule has 1 N–H and O–H groups in total. The third-order valence-electron chi connectivity index (χ3n) is 6.53. The first-order valence-electron chi connectivity index (χ1n) is 11.5. The number of thiazole rings is 1. The number of hydrogen-bond donors (Lipinski definition) is 1. The minimum Gasteiger partial charge on any atom is -0.378 e. The Kier molecular flexibility index (Phi) is 6.47. The number of hydrogen-bond acceptors (Lipinski definition) is 7. The van der Waals surface area contributed by atoms with Crippen LogP contribution in [-0.4, -0.2) is 60.2 Å². The number of rotatable bonds is 7. The summed E-state index contributed by atoms with van der Waals surface area (Å²) in [6.45, 7) is 6.32. The SMILES string of the molecule is O=C(NC(c1nccs1)C1CCCN(Cc2ccc(N3CCOCC3)nc2)C1)C1CC1. The predicted octanol–water partition coefficient (Wildman–Crippen LogP) is 2.85. The summed E-state index contributed by atoms with van der Waals surface area (Å²) in [6, 6.07) is 4.36. The van der Waals surface area contributed by atoms with Crippen molar-refractivity contribution < 1.29 is 9.53 Å². The molecule has 0 aromatic carbocycles. The highest BCUT2D eigenvalue weighted by atomic mass is 32.1. The fraction of sp³-hybridized carbons (Fsp3) is 0.609. The number of carbonyl (C=O) groups excluding carboxylic acids is 1. The molecule has 2 saturated heterocycles. The average Bonchev–Trinajstić information content (AvgIpc) is 3.53. The van der Waals surface area contributed by atoms with Gasteiger partial charge in [-0.25, -0.2) is 9.97 Å². The Hall–Kier alpha value is -2.03. The molecule has 166 valence electrons. The van der Waals surface area contributed by atoms with E-state index in [4.69, 9.17) is 9.72 Å². The summed E-state index contributed by atoms with van der Waals surface area (Å²) in [5.74, 6) is 1.86. The van der Waals surface area contributed by atoms with E-state index in [1.54, 1.807) is 11.3 Å². The number of ether oxygens (including phenoxy) is 1. The van der Waals surface area contributed by atoms with E-state index >= 15 is 0 Å². The van der Waals surface area contributed by atoms with Gasteiger partial charge in [0.25, 0.3) is 0 Å². The van der Waals surface area contributed by atoms with E-state index in [9.17, 15) is 4.79 Å². The van der Waals surface area contributed by atoms with Crippen LogP contribution in [0.4, 0.5) is 5.82 Å². The lowest BCUT2D eigenvalue weighted by Crippen LogP contribution is -2.43. The van der Waals surface area contributed by atoms with Gasteiger partial charge in [0.1, 0.15) is 10.8 Å². The lowest BCUT2D eigenvalue weighted by Gasteiger charge is -2.36. The van der Waals surface area contributed by atoms with E-state index in [0.29, 0.717) is 5.92 Å². The molecule has 0 bridgehead atoms. The fourth-order valence-corrected chi connectivity index (χ4v) is 5.42. The molecule has 31 heavy (non-hydrogen) atoms. The molecule has 5 rings (SSSR count). The molecule has 1 aliphatic carbocycles. The zero-order chi connectivity index (χ0) is 21.0. The van der Waals surface area contributed by atoms with Crippen molar-refractivity contribution in [3.63, 3.8) is 0 Å². The van der Waals surface area contributed by atoms with Crippen LogP contribution in [0.15, 0.2) is 29.9 Å². The van der Waals surface area contributed by atoms with Crippen LogP contribution in [0.2, 0.25) is 0 Å². The topological polar surface area (TPSA) is 70.6 Å². The summed E-state index contributed by atoms with van der Waals surface area (Å²) >= 11 is 1.65. The highest BCUT2D eigenvalue weighted by Crippen LogP contribution is 2.34. The predicted molar refractivity (Wildman–Crippen MR) is 121 cm³/mol. The molecule has 2 aliphatic heterocycles. The normalized spacial score (nSPS) is 23.5. The second-order valence-electron chi connectivity index (χ2n) is 8.89. The van der Waals surface area contributed by atoms with Gasteiger partial charge in [-0.2, -0.15) is 0 Å². The van der Waals surface area contributed by atoms with Crippen molar-refractivity contribution in [2.75, 3.05) is 44.3 Å². The number of carbonyl (C=O) groups is 1. The van der Waals surface area contributed by atoms with Crippen LogP contribution in [0.25, 0.3) is 0 Å². The van der Waals surface area contributed by atoms with Gasteiger partial charge >= 0.3 is 0 Å². The molecule has 1 saturated carbocycles. The van der Waals surface area contributed by atoms with Gasteiger partial charge in [0.05, 0.1) is 19.3 Å². The molecule has 2 aromatic heterocycles. The van der Waals surface area contributed by atoms with E-state index in [1.165, 1.54) is 5.56 Å². The van der Waals surface area contributed by atoms with E-state index in [-0.39, 0.29) is 17.9 Å². The first-order chi connectivity index (χ1) is 15.3. The molecule has 8 heteroatoms. The van der Waals surface area contributed by atoms with Crippen molar-refractivity contribution in [1.29, 1.82) is 0 Å². The molecular formula is C23H31N5O2S. The van der Waals surface area contributed by atoms with Crippen molar-refractivity contribution in [3.05, 3.63) is 40.5 Å². The molecule has 4 heterocycles. The van der Waals surface area contributed by atoms with E-state index in [2.05, 4.69) is 32.2 Å². The molecule has 2 aromatic rings. The van der Waals surface area contributed by atoms with Gasteiger partial charge in [0.2, 0.25) is 5.91 Å². The van der Waals surface area contributed by atoms with Crippen LogP contribution in [0.1, 0.15) is 42.3 Å². The summed E-state index contributed by atoms with van der Waals surface area (Å²) in [7, 11) is 0. The zero-order valence-corrected chi connectivity index (χ0v) is 18.7. The summed E-state index contributed by atoms with van der Waals surface area (Å²) in [6.07, 6.45) is 8.19. The summed E-state index contributed by atoms with van der Waals surface area (Å²) < 4.78 is 5.44. The summed E-state index contributed by atoms with van der Waals surface area (Å²) in [5.41, 5.74) is 1.24. The van der Waals surface area contributed by atoms with Crippen LogP contribution >= 0.6 is 11.3 Å². The van der Waals surface area contributed by atoms with Gasteiger partial charge in [-0.15, -0.1) is 11.3 Å². The monoisotopic (exact) mass is 441 g/mol. The molecule has 2 atom stereocenters. The van der Waals surface area contributed by atoms with Crippen LogP contribution in [0.5, 0.6) is 0 Å². The van der Waals surface area contributed by atoms with E-state index < -0.39 is 0 Å². The highest BCUT2D eigenvalue weighted by Gasteiger charge is 2.36. The third kappa shape index (κ3) is 5.25. The van der Waals surface area contributed by atoms with Gasteiger partial charge in [-0.1, -0.05) is 6.07 Å². The van der Waals surface area contributed by atoms with Crippen molar-refractivity contribution in [2.45, 2.75) is 38.3 Å². The van der Waals surface area contributed by atoms with Gasteiger partial charge < -0.3 is 15.0 Å². The minimum atomic E-state index is 0.0257. The smallest absolute Gasteiger partial charge is 0.223 e. The molecule has 7 nitrogen and oxygen atoms in total. The van der Waals surface area contributed by atoms with Gasteiger partial charge in [-0.05, 0) is 49.8 Å². The van der Waals surface area contributed by atoms with Crippen molar-refractivity contribution in [3.8, 4) is 0 Å². The number of aromatic nitrogens is 2. The average molecular weight is 442 g/mol. The first kappa shape index (κ1) is 20.8. The van der Waals surface area contributed by atoms with Crippen molar-refractivity contribution >= 4 is 23.1 Å².